The zero-order valence-corrected chi connectivity index (χ0v) is 15.6. The smallest absolute Gasteiger partial charge is 0.333 e. The Bertz CT molecular complexity index is 773. The summed E-state index contributed by atoms with van der Waals surface area (Å²) in [4.78, 5) is 24.3. The highest BCUT2D eigenvalue weighted by molar-refractivity contribution is 7.89. The molecule has 0 aromatic heterocycles. The second-order valence-corrected chi connectivity index (χ2v) is 8.76. The van der Waals surface area contributed by atoms with Crippen LogP contribution in [0.25, 0.3) is 0 Å². The van der Waals surface area contributed by atoms with Crippen molar-refractivity contribution in [3.8, 4) is 0 Å². The summed E-state index contributed by atoms with van der Waals surface area (Å²) in [6, 6.07) is 4.91. The van der Waals surface area contributed by atoms with Gasteiger partial charge in [0, 0.05) is 19.0 Å². The third-order valence-corrected chi connectivity index (χ3v) is 6.69. The van der Waals surface area contributed by atoms with Crippen LogP contribution in [0.2, 0.25) is 0 Å². The molecule has 144 valence electrons. The molecule has 0 spiro atoms. The lowest BCUT2D eigenvalue weighted by molar-refractivity contribution is -0.148. The second kappa shape index (κ2) is 7.71. The van der Waals surface area contributed by atoms with E-state index in [2.05, 4.69) is 5.32 Å². The zero-order chi connectivity index (χ0) is 19.5. The number of hydrogen-bond donors (Lipinski definition) is 2. The van der Waals surface area contributed by atoms with E-state index in [4.69, 9.17) is 0 Å². The van der Waals surface area contributed by atoms with Gasteiger partial charge in [-0.25, -0.2) is 21.9 Å². The van der Waals surface area contributed by atoms with E-state index in [0.717, 1.165) is 12.1 Å². The standard InChI is InChI=1S/C17H23FN2O5S/c1-3-26(24,25)20-10-8-12(9-11-20)15(21)19-17(2,16(22)23)13-4-6-14(18)7-5-13/h4-7,12H,3,8-11H2,1-2H3,(H,19,21)(H,22,23). The number of sulfonamides is 1. The van der Waals surface area contributed by atoms with Gasteiger partial charge >= 0.3 is 5.97 Å². The number of halogens is 1. The molecule has 0 aliphatic carbocycles. The van der Waals surface area contributed by atoms with E-state index in [1.54, 1.807) is 6.92 Å². The molecule has 0 bridgehead atoms. The first kappa shape index (κ1) is 20.3. The largest absolute Gasteiger partial charge is 0.479 e. The van der Waals surface area contributed by atoms with E-state index in [0.29, 0.717) is 12.8 Å². The van der Waals surface area contributed by atoms with Crippen molar-refractivity contribution in [3.63, 3.8) is 0 Å². The number of aliphatic carboxylic acids is 1. The van der Waals surface area contributed by atoms with Crippen LogP contribution in [0.1, 0.15) is 32.3 Å². The van der Waals surface area contributed by atoms with Gasteiger partial charge in [-0.3, -0.25) is 4.79 Å². The lowest BCUT2D eigenvalue weighted by atomic mass is 9.89. The summed E-state index contributed by atoms with van der Waals surface area (Å²) in [5, 5.41) is 12.1. The lowest BCUT2D eigenvalue weighted by Gasteiger charge is -2.33. The average molecular weight is 386 g/mol. The van der Waals surface area contributed by atoms with E-state index >= 15 is 0 Å². The van der Waals surface area contributed by atoms with Gasteiger partial charge in [-0.05, 0) is 44.4 Å². The van der Waals surface area contributed by atoms with Gasteiger partial charge in [0.05, 0.1) is 5.75 Å². The van der Waals surface area contributed by atoms with Crippen molar-refractivity contribution in [2.75, 3.05) is 18.8 Å². The highest BCUT2D eigenvalue weighted by atomic mass is 32.2. The maximum atomic E-state index is 13.1. The molecule has 1 aromatic rings. The molecule has 26 heavy (non-hydrogen) atoms. The predicted molar refractivity (Wildman–Crippen MR) is 93.3 cm³/mol. The number of piperidine rings is 1. The summed E-state index contributed by atoms with van der Waals surface area (Å²) >= 11 is 0. The van der Waals surface area contributed by atoms with Crippen LogP contribution in [0.5, 0.6) is 0 Å². The van der Waals surface area contributed by atoms with Gasteiger partial charge < -0.3 is 10.4 Å². The van der Waals surface area contributed by atoms with Crippen LogP contribution in [0, 0.1) is 11.7 Å². The quantitative estimate of drug-likeness (QED) is 0.767. The Balaban J connectivity index is 2.10. The van der Waals surface area contributed by atoms with Gasteiger partial charge in [-0.1, -0.05) is 12.1 Å². The van der Waals surface area contributed by atoms with Crippen molar-refractivity contribution in [2.45, 2.75) is 32.2 Å². The van der Waals surface area contributed by atoms with Crippen LogP contribution in [0.3, 0.4) is 0 Å². The van der Waals surface area contributed by atoms with E-state index < -0.39 is 39.2 Å². The van der Waals surface area contributed by atoms with Crippen LogP contribution in [-0.2, 0) is 25.2 Å². The van der Waals surface area contributed by atoms with Crippen LogP contribution in [0.15, 0.2) is 24.3 Å². The van der Waals surface area contributed by atoms with Gasteiger partial charge in [-0.15, -0.1) is 0 Å². The first-order valence-electron chi connectivity index (χ1n) is 8.39. The Labute approximate surface area is 152 Å². The first-order valence-corrected chi connectivity index (χ1v) is 10.0. The van der Waals surface area contributed by atoms with Gasteiger partial charge in [0.15, 0.2) is 5.54 Å². The summed E-state index contributed by atoms with van der Waals surface area (Å²) in [6.07, 6.45) is 0.647. The molecule has 1 amide bonds. The van der Waals surface area contributed by atoms with E-state index in [9.17, 15) is 27.5 Å². The minimum absolute atomic E-state index is 0.00547. The van der Waals surface area contributed by atoms with E-state index in [1.165, 1.54) is 23.4 Å². The molecular weight excluding hydrogens is 363 g/mol. The van der Waals surface area contributed by atoms with Crippen molar-refractivity contribution in [2.24, 2.45) is 5.92 Å². The number of nitrogens with zero attached hydrogens (tertiary/aromatic N) is 1. The number of rotatable bonds is 6. The summed E-state index contributed by atoms with van der Waals surface area (Å²) in [5.74, 6) is -2.68. The summed E-state index contributed by atoms with van der Waals surface area (Å²) in [7, 11) is -3.29. The molecule has 9 heteroatoms. The Morgan fingerprint density at radius 3 is 2.27 bits per heavy atom. The minimum atomic E-state index is -3.29. The highest BCUT2D eigenvalue weighted by Gasteiger charge is 2.39. The Hall–Kier alpha value is -2.00. The highest BCUT2D eigenvalue weighted by Crippen LogP contribution is 2.25. The molecular formula is C17H23FN2O5S. The normalized spacial score (nSPS) is 18.9. The third kappa shape index (κ3) is 4.21. The van der Waals surface area contributed by atoms with Gasteiger partial charge in [0.1, 0.15) is 5.82 Å². The molecule has 1 aromatic carbocycles. The summed E-state index contributed by atoms with van der Waals surface area (Å²) < 4.78 is 38.2. The number of nitrogens with one attached hydrogen (secondary N) is 1. The summed E-state index contributed by atoms with van der Waals surface area (Å²) in [6.45, 7) is 3.37. The van der Waals surface area contributed by atoms with E-state index in [-0.39, 0.29) is 24.4 Å². The third-order valence-electron chi connectivity index (χ3n) is 4.81. The lowest BCUT2D eigenvalue weighted by Crippen LogP contribution is -2.53. The Morgan fingerprint density at radius 2 is 1.81 bits per heavy atom. The number of carboxylic acids is 1. The van der Waals surface area contributed by atoms with Crippen LogP contribution >= 0.6 is 0 Å². The number of hydrogen-bond acceptors (Lipinski definition) is 4. The molecule has 1 atom stereocenters. The number of carbonyl (C=O) groups excluding carboxylic acids is 1. The number of benzene rings is 1. The molecule has 2 rings (SSSR count). The molecule has 0 radical (unpaired) electrons. The Kier molecular flexibility index (Phi) is 6.02. The van der Waals surface area contributed by atoms with Gasteiger partial charge in [0.25, 0.3) is 0 Å². The molecule has 0 saturated carbocycles. The summed E-state index contributed by atoms with van der Waals surface area (Å²) in [5.41, 5.74) is -1.44. The Morgan fingerprint density at radius 1 is 1.27 bits per heavy atom. The topological polar surface area (TPSA) is 104 Å². The van der Waals surface area contributed by atoms with Crippen molar-refractivity contribution in [1.29, 1.82) is 0 Å². The van der Waals surface area contributed by atoms with Crippen molar-refractivity contribution in [1.82, 2.24) is 9.62 Å². The fourth-order valence-corrected chi connectivity index (χ4v) is 4.09. The molecule has 2 N–H and O–H groups in total. The maximum Gasteiger partial charge on any atom is 0.333 e. The first-order chi connectivity index (χ1) is 12.1. The fraction of sp³-hybridized carbons (Fsp3) is 0.529. The van der Waals surface area contributed by atoms with Crippen molar-refractivity contribution < 1.29 is 27.5 Å². The van der Waals surface area contributed by atoms with Crippen LogP contribution in [-0.4, -0.2) is 48.5 Å². The van der Waals surface area contributed by atoms with Crippen LogP contribution < -0.4 is 5.32 Å². The van der Waals surface area contributed by atoms with Gasteiger partial charge in [0.2, 0.25) is 15.9 Å². The van der Waals surface area contributed by atoms with E-state index in [1.807, 2.05) is 0 Å². The molecule has 1 aliphatic heterocycles. The second-order valence-electron chi connectivity index (χ2n) is 6.50. The number of amides is 1. The van der Waals surface area contributed by atoms with Crippen molar-refractivity contribution >= 4 is 21.9 Å². The average Bonchev–Trinajstić information content (AvgIpc) is 2.62. The predicted octanol–water partition coefficient (Wildman–Crippen LogP) is 1.30. The SMILES string of the molecule is CCS(=O)(=O)N1CCC(C(=O)NC(C)(C(=O)O)c2ccc(F)cc2)CC1. The molecule has 1 saturated heterocycles. The fourth-order valence-electron chi connectivity index (χ4n) is 2.96. The zero-order valence-electron chi connectivity index (χ0n) is 14.7. The van der Waals surface area contributed by atoms with Gasteiger partial charge in [-0.2, -0.15) is 0 Å². The molecule has 1 aliphatic rings. The monoisotopic (exact) mass is 386 g/mol. The molecule has 1 unspecified atom stereocenters. The maximum absolute atomic E-state index is 13.1. The van der Waals surface area contributed by atoms with Crippen molar-refractivity contribution in [3.05, 3.63) is 35.6 Å². The molecule has 7 nitrogen and oxygen atoms in total. The molecule has 1 fully saturated rings. The number of carbonyl (C=O) groups is 2. The minimum Gasteiger partial charge on any atom is -0.479 e. The number of carboxylic acid groups (broad SMARTS) is 1. The molecule has 1 heterocycles. The van der Waals surface area contributed by atoms with Crippen LogP contribution in [0.4, 0.5) is 4.39 Å².